The average Bonchev–Trinajstić information content (AvgIpc) is 2.52. The van der Waals surface area contributed by atoms with Crippen LogP contribution in [0.5, 0.6) is 0 Å². The lowest BCUT2D eigenvalue weighted by molar-refractivity contribution is -0.112. The van der Waals surface area contributed by atoms with Crippen LogP contribution in [0, 0.1) is 0 Å². The number of hydrogen-bond acceptors (Lipinski definition) is 2. The van der Waals surface area contributed by atoms with Crippen LogP contribution in [-0.2, 0) is 4.79 Å². The van der Waals surface area contributed by atoms with Gasteiger partial charge in [-0.2, -0.15) is 13.2 Å². The minimum absolute atomic E-state index is 0.111. The van der Waals surface area contributed by atoms with Crippen LogP contribution >= 0.6 is 0 Å². The van der Waals surface area contributed by atoms with Crippen LogP contribution in [0.4, 0.5) is 18.9 Å². The number of halogens is 3. The van der Waals surface area contributed by atoms with E-state index in [9.17, 15) is 22.8 Å². The monoisotopic (exact) mass is 333 g/mol. The molecule has 3 nitrogen and oxygen atoms in total. The summed E-state index contributed by atoms with van der Waals surface area (Å²) in [4.78, 5) is 23.5. The van der Waals surface area contributed by atoms with Gasteiger partial charge in [0, 0.05) is 11.6 Å². The van der Waals surface area contributed by atoms with E-state index in [0.29, 0.717) is 6.08 Å². The van der Waals surface area contributed by atoms with Crippen LogP contribution in [0.1, 0.15) is 22.8 Å². The van der Waals surface area contributed by atoms with Gasteiger partial charge >= 0.3 is 6.18 Å². The molecular formula is C18H14F3NO2. The number of nitrogens with one attached hydrogen (secondary N) is 1. The Balaban J connectivity index is 2.34. The zero-order chi connectivity index (χ0) is 17.7. The lowest BCUT2D eigenvalue weighted by atomic mass is 10.0. The van der Waals surface area contributed by atoms with E-state index in [-0.39, 0.29) is 22.6 Å². The van der Waals surface area contributed by atoms with E-state index in [1.807, 2.05) is 0 Å². The number of Topliss-reactive ketones (excluding diaryl/α,β-unsaturated/α-hetero) is 1. The van der Waals surface area contributed by atoms with Crippen LogP contribution in [0.25, 0.3) is 5.57 Å². The molecule has 6 heteroatoms. The second-order valence-electron chi connectivity index (χ2n) is 5.01. The van der Waals surface area contributed by atoms with Crippen molar-refractivity contribution in [3.8, 4) is 0 Å². The second-order valence-corrected chi connectivity index (χ2v) is 5.01. The lowest BCUT2D eigenvalue weighted by Gasteiger charge is -2.13. The van der Waals surface area contributed by atoms with Crippen molar-refractivity contribution in [2.24, 2.45) is 0 Å². The molecule has 0 aromatic heterocycles. The molecule has 2 aromatic rings. The van der Waals surface area contributed by atoms with E-state index in [0.717, 1.165) is 0 Å². The first kappa shape index (κ1) is 17.5. The number of para-hydroxylation sites is 1. The van der Waals surface area contributed by atoms with Gasteiger partial charge in [0.1, 0.15) is 0 Å². The van der Waals surface area contributed by atoms with Crippen molar-refractivity contribution in [3.63, 3.8) is 0 Å². The fraction of sp³-hybridized carbons (Fsp3) is 0.111. The van der Waals surface area contributed by atoms with Crippen molar-refractivity contribution in [3.05, 3.63) is 71.8 Å². The van der Waals surface area contributed by atoms with Crippen LogP contribution in [0.15, 0.2) is 60.7 Å². The summed E-state index contributed by atoms with van der Waals surface area (Å²) in [6.07, 6.45) is -4.19. The largest absolute Gasteiger partial charge is 0.417 e. The van der Waals surface area contributed by atoms with Crippen LogP contribution in [0.2, 0.25) is 0 Å². The molecule has 0 atom stereocenters. The number of alkyl halides is 3. The molecule has 0 heterocycles. The summed E-state index contributed by atoms with van der Waals surface area (Å²) in [5.74, 6) is -1.26. The molecule has 0 radical (unpaired) electrons. The number of hydrogen-bond donors (Lipinski definition) is 1. The standard InChI is InChI=1S/C18H14F3NO2/c1-12(23)14-9-5-6-10-16(14)22-17(24)11-15(18(19,20)21)13-7-3-2-4-8-13/h2-11H,1H3,(H,22,24)/b15-11-. The van der Waals surface area contributed by atoms with E-state index >= 15 is 0 Å². The van der Waals surface area contributed by atoms with Crippen molar-refractivity contribution < 1.29 is 22.8 Å². The molecule has 1 amide bonds. The highest BCUT2D eigenvalue weighted by atomic mass is 19.4. The van der Waals surface area contributed by atoms with Gasteiger partial charge in [-0.05, 0) is 24.6 Å². The second kappa shape index (κ2) is 7.12. The number of carbonyl (C=O) groups is 2. The third kappa shape index (κ3) is 4.32. The van der Waals surface area contributed by atoms with Crippen molar-refractivity contribution in [1.82, 2.24) is 0 Å². The molecule has 24 heavy (non-hydrogen) atoms. The summed E-state index contributed by atoms with van der Waals surface area (Å²) in [5.41, 5.74) is -0.769. The summed E-state index contributed by atoms with van der Waals surface area (Å²) in [7, 11) is 0. The minimum Gasteiger partial charge on any atom is -0.322 e. The Bertz CT molecular complexity index is 780. The molecule has 1 N–H and O–H groups in total. The molecule has 0 bridgehead atoms. The molecule has 0 unspecified atom stereocenters. The molecule has 2 rings (SSSR count). The van der Waals surface area contributed by atoms with E-state index in [4.69, 9.17) is 0 Å². The first-order chi connectivity index (χ1) is 11.3. The third-order valence-corrected chi connectivity index (χ3v) is 3.23. The fourth-order valence-corrected chi connectivity index (χ4v) is 2.15. The smallest absolute Gasteiger partial charge is 0.322 e. The van der Waals surface area contributed by atoms with Gasteiger partial charge in [-0.3, -0.25) is 9.59 Å². The normalized spacial score (nSPS) is 11.9. The van der Waals surface area contributed by atoms with Crippen molar-refractivity contribution in [1.29, 1.82) is 0 Å². The van der Waals surface area contributed by atoms with Crippen LogP contribution in [0.3, 0.4) is 0 Å². The highest BCUT2D eigenvalue weighted by Crippen LogP contribution is 2.33. The number of ketones is 1. The summed E-state index contributed by atoms with van der Waals surface area (Å²) >= 11 is 0. The van der Waals surface area contributed by atoms with E-state index in [2.05, 4.69) is 5.32 Å². The number of rotatable bonds is 4. The van der Waals surface area contributed by atoms with Gasteiger partial charge in [0.25, 0.3) is 0 Å². The van der Waals surface area contributed by atoms with Gasteiger partial charge in [0.15, 0.2) is 5.78 Å². The van der Waals surface area contributed by atoms with Crippen LogP contribution in [-0.4, -0.2) is 17.9 Å². The molecule has 0 fully saturated rings. The predicted molar refractivity (Wildman–Crippen MR) is 85.6 cm³/mol. The number of amides is 1. The van der Waals surface area contributed by atoms with Crippen molar-refractivity contribution >= 4 is 23.0 Å². The van der Waals surface area contributed by atoms with Gasteiger partial charge in [-0.15, -0.1) is 0 Å². The molecule has 0 saturated carbocycles. The maximum atomic E-state index is 13.2. The zero-order valence-electron chi connectivity index (χ0n) is 12.7. The van der Waals surface area contributed by atoms with E-state index in [1.165, 1.54) is 43.3 Å². The first-order valence-corrected chi connectivity index (χ1v) is 7.04. The quantitative estimate of drug-likeness (QED) is 0.663. The molecular weight excluding hydrogens is 319 g/mol. The summed E-state index contributed by atoms with van der Waals surface area (Å²) in [5, 5.41) is 2.33. The third-order valence-electron chi connectivity index (χ3n) is 3.23. The molecule has 0 aliphatic heterocycles. The molecule has 0 aliphatic carbocycles. The van der Waals surface area contributed by atoms with E-state index < -0.39 is 17.7 Å². The topological polar surface area (TPSA) is 46.2 Å². The number of benzene rings is 2. The Morgan fingerprint density at radius 2 is 1.54 bits per heavy atom. The summed E-state index contributed by atoms with van der Waals surface area (Å²) in [6.45, 7) is 1.31. The maximum absolute atomic E-state index is 13.2. The number of anilines is 1. The molecule has 124 valence electrons. The van der Waals surface area contributed by atoms with Gasteiger partial charge in [-0.25, -0.2) is 0 Å². The van der Waals surface area contributed by atoms with Crippen molar-refractivity contribution in [2.75, 3.05) is 5.32 Å². The Morgan fingerprint density at radius 1 is 0.958 bits per heavy atom. The Hall–Kier alpha value is -2.89. The van der Waals surface area contributed by atoms with Gasteiger partial charge in [-0.1, -0.05) is 42.5 Å². The van der Waals surface area contributed by atoms with Gasteiger partial charge in [0.2, 0.25) is 5.91 Å². The maximum Gasteiger partial charge on any atom is 0.417 e. The van der Waals surface area contributed by atoms with Crippen molar-refractivity contribution in [2.45, 2.75) is 13.1 Å². The zero-order valence-corrected chi connectivity index (χ0v) is 12.7. The lowest BCUT2D eigenvalue weighted by Crippen LogP contribution is -2.17. The summed E-state index contributed by atoms with van der Waals surface area (Å²) in [6, 6.07) is 13.2. The Morgan fingerprint density at radius 3 is 2.12 bits per heavy atom. The molecule has 2 aromatic carbocycles. The Kier molecular flexibility index (Phi) is 5.18. The predicted octanol–water partition coefficient (Wildman–Crippen LogP) is 4.47. The van der Waals surface area contributed by atoms with Gasteiger partial charge < -0.3 is 5.32 Å². The highest BCUT2D eigenvalue weighted by molar-refractivity contribution is 6.08. The fourth-order valence-electron chi connectivity index (χ4n) is 2.15. The summed E-state index contributed by atoms with van der Waals surface area (Å²) < 4.78 is 39.6. The first-order valence-electron chi connectivity index (χ1n) is 7.04. The van der Waals surface area contributed by atoms with Crippen LogP contribution < -0.4 is 5.32 Å². The highest BCUT2D eigenvalue weighted by Gasteiger charge is 2.35. The molecule has 0 aliphatic rings. The van der Waals surface area contributed by atoms with E-state index in [1.54, 1.807) is 18.2 Å². The number of carbonyl (C=O) groups excluding carboxylic acids is 2. The SMILES string of the molecule is CC(=O)c1ccccc1NC(=O)/C=C(/c1ccccc1)C(F)(F)F. The number of allylic oxidation sites excluding steroid dienone is 1. The Labute approximate surface area is 136 Å². The van der Waals surface area contributed by atoms with Gasteiger partial charge in [0.05, 0.1) is 11.3 Å². The minimum atomic E-state index is -4.68. The molecule has 0 spiro atoms. The average molecular weight is 333 g/mol. The molecule has 0 saturated heterocycles.